The van der Waals surface area contributed by atoms with Crippen LogP contribution in [0.2, 0.25) is 0 Å². The number of amides is 1. The Kier molecular flexibility index (Phi) is 3.04. The number of carbonyl (C=O) groups excluding carboxylic acids is 1. The van der Waals surface area contributed by atoms with Gasteiger partial charge < -0.3 is 10.4 Å². The van der Waals surface area contributed by atoms with Crippen LogP contribution < -0.4 is 5.32 Å². The Labute approximate surface area is 114 Å². The van der Waals surface area contributed by atoms with Crippen LogP contribution in [0.15, 0.2) is 49.1 Å². The second kappa shape index (κ2) is 5.00. The van der Waals surface area contributed by atoms with Gasteiger partial charge in [-0.25, -0.2) is 4.52 Å². The molecule has 0 aliphatic carbocycles. The van der Waals surface area contributed by atoms with Crippen LogP contribution in [0.4, 0.5) is 0 Å². The number of nitrogens with one attached hydrogen (secondary N) is 1. The highest BCUT2D eigenvalue weighted by atomic mass is 16.3. The quantitative estimate of drug-likeness (QED) is 0.751. The van der Waals surface area contributed by atoms with Gasteiger partial charge in [0.25, 0.3) is 5.91 Å². The largest absolute Gasteiger partial charge is 0.508 e. The predicted octanol–water partition coefficient (Wildman–Crippen LogP) is 1.36. The first-order valence-electron chi connectivity index (χ1n) is 6.07. The molecule has 2 N–H and O–H groups in total. The fourth-order valence-electron chi connectivity index (χ4n) is 1.95. The van der Waals surface area contributed by atoms with Gasteiger partial charge in [-0.2, -0.15) is 5.10 Å². The standard InChI is InChI=1S/C14H12N4O2/c19-11-3-1-2-10(6-11)7-16-14(20)12-8-17-18-5-4-15-9-13(12)18/h1-6,8-9,19H,7H2,(H,16,20). The van der Waals surface area contributed by atoms with Crippen LogP contribution in [0.25, 0.3) is 5.52 Å². The Balaban J connectivity index is 1.76. The van der Waals surface area contributed by atoms with Crippen molar-refractivity contribution < 1.29 is 9.90 Å². The Morgan fingerprint density at radius 3 is 3.10 bits per heavy atom. The van der Waals surface area contributed by atoms with Crippen molar-refractivity contribution in [1.82, 2.24) is 19.9 Å². The van der Waals surface area contributed by atoms with Crippen molar-refractivity contribution in [1.29, 1.82) is 0 Å². The summed E-state index contributed by atoms with van der Waals surface area (Å²) in [5, 5.41) is 16.2. The van der Waals surface area contributed by atoms with Gasteiger partial charge in [0.05, 0.1) is 23.5 Å². The molecule has 0 saturated carbocycles. The van der Waals surface area contributed by atoms with Crippen molar-refractivity contribution in [3.8, 4) is 5.75 Å². The fourth-order valence-corrected chi connectivity index (χ4v) is 1.95. The third-order valence-corrected chi connectivity index (χ3v) is 2.93. The average molecular weight is 268 g/mol. The van der Waals surface area contributed by atoms with E-state index in [-0.39, 0.29) is 11.7 Å². The van der Waals surface area contributed by atoms with Crippen LogP contribution in [0.5, 0.6) is 5.75 Å². The number of aromatic nitrogens is 3. The van der Waals surface area contributed by atoms with Crippen LogP contribution in [0.1, 0.15) is 15.9 Å². The predicted molar refractivity (Wildman–Crippen MR) is 72.3 cm³/mol. The van der Waals surface area contributed by atoms with Gasteiger partial charge >= 0.3 is 0 Å². The van der Waals surface area contributed by atoms with Crippen LogP contribution >= 0.6 is 0 Å². The van der Waals surface area contributed by atoms with Gasteiger partial charge in [-0.15, -0.1) is 0 Å². The fraction of sp³-hybridized carbons (Fsp3) is 0.0714. The number of aromatic hydroxyl groups is 1. The molecule has 3 aromatic rings. The van der Waals surface area contributed by atoms with E-state index in [1.807, 2.05) is 6.07 Å². The maximum absolute atomic E-state index is 12.1. The summed E-state index contributed by atoms with van der Waals surface area (Å²) in [6.45, 7) is 0.338. The maximum Gasteiger partial charge on any atom is 0.255 e. The van der Waals surface area contributed by atoms with Gasteiger partial charge in [0.15, 0.2) is 0 Å². The van der Waals surface area contributed by atoms with E-state index in [0.29, 0.717) is 17.6 Å². The summed E-state index contributed by atoms with van der Waals surface area (Å²) in [5.41, 5.74) is 1.95. The summed E-state index contributed by atoms with van der Waals surface area (Å²) in [6, 6.07) is 6.76. The highest BCUT2D eigenvalue weighted by molar-refractivity contribution is 6.00. The zero-order valence-corrected chi connectivity index (χ0v) is 10.5. The topological polar surface area (TPSA) is 79.5 Å². The highest BCUT2D eigenvalue weighted by Gasteiger charge is 2.12. The van der Waals surface area contributed by atoms with Crippen molar-refractivity contribution in [3.63, 3.8) is 0 Å². The minimum atomic E-state index is -0.226. The van der Waals surface area contributed by atoms with Crippen LogP contribution in [-0.4, -0.2) is 25.6 Å². The van der Waals surface area contributed by atoms with Crippen LogP contribution in [-0.2, 0) is 6.54 Å². The average Bonchev–Trinajstić information content (AvgIpc) is 2.89. The van der Waals surface area contributed by atoms with E-state index in [1.165, 1.54) is 6.20 Å². The van der Waals surface area contributed by atoms with Gasteiger partial charge in [-0.05, 0) is 17.7 Å². The van der Waals surface area contributed by atoms with E-state index in [1.54, 1.807) is 41.3 Å². The lowest BCUT2D eigenvalue weighted by Gasteiger charge is -2.04. The van der Waals surface area contributed by atoms with E-state index in [2.05, 4.69) is 15.4 Å². The Hall–Kier alpha value is -2.89. The summed E-state index contributed by atoms with van der Waals surface area (Å²) in [5.74, 6) is -0.0479. The minimum Gasteiger partial charge on any atom is -0.508 e. The number of rotatable bonds is 3. The molecule has 1 amide bonds. The molecular formula is C14H12N4O2. The third kappa shape index (κ3) is 2.31. The molecule has 0 spiro atoms. The number of hydrogen-bond donors (Lipinski definition) is 2. The van der Waals surface area contributed by atoms with Gasteiger partial charge in [0.1, 0.15) is 5.75 Å². The summed E-state index contributed by atoms with van der Waals surface area (Å²) in [4.78, 5) is 16.1. The minimum absolute atomic E-state index is 0.178. The Bertz CT molecular complexity index is 766. The number of phenolic OH excluding ortho intramolecular Hbond substituents is 1. The van der Waals surface area contributed by atoms with E-state index in [0.717, 1.165) is 5.56 Å². The van der Waals surface area contributed by atoms with Crippen LogP contribution in [0, 0.1) is 0 Å². The molecule has 1 aromatic carbocycles. The van der Waals surface area contributed by atoms with Crippen molar-refractivity contribution in [2.24, 2.45) is 0 Å². The maximum atomic E-state index is 12.1. The Morgan fingerprint density at radius 2 is 2.25 bits per heavy atom. The molecule has 20 heavy (non-hydrogen) atoms. The lowest BCUT2D eigenvalue weighted by Crippen LogP contribution is -2.22. The van der Waals surface area contributed by atoms with Crippen LogP contribution in [0.3, 0.4) is 0 Å². The molecule has 100 valence electrons. The van der Waals surface area contributed by atoms with E-state index in [9.17, 15) is 9.90 Å². The lowest BCUT2D eigenvalue weighted by molar-refractivity contribution is 0.0952. The van der Waals surface area contributed by atoms with E-state index < -0.39 is 0 Å². The van der Waals surface area contributed by atoms with E-state index >= 15 is 0 Å². The first-order chi connectivity index (χ1) is 9.74. The van der Waals surface area contributed by atoms with Crippen molar-refractivity contribution in [3.05, 3.63) is 60.2 Å². The molecule has 6 heteroatoms. The van der Waals surface area contributed by atoms with Gasteiger partial charge in [-0.3, -0.25) is 9.78 Å². The molecular weight excluding hydrogens is 256 g/mol. The summed E-state index contributed by atoms with van der Waals surface area (Å²) in [6.07, 6.45) is 6.39. The van der Waals surface area contributed by atoms with E-state index in [4.69, 9.17) is 0 Å². The molecule has 0 aliphatic heterocycles. The molecule has 0 atom stereocenters. The summed E-state index contributed by atoms with van der Waals surface area (Å²) >= 11 is 0. The summed E-state index contributed by atoms with van der Waals surface area (Å²) < 4.78 is 1.59. The number of carbonyl (C=O) groups is 1. The molecule has 0 radical (unpaired) electrons. The third-order valence-electron chi connectivity index (χ3n) is 2.93. The van der Waals surface area contributed by atoms with Gasteiger partial charge in [-0.1, -0.05) is 12.1 Å². The normalized spacial score (nSPS) is 10.6. The smallest absolute Gasteiger partial charge is 0.255 e. The molecule has 0 fully saturated rings. The molecule has 3 rings (SSSR count). The second-order valence-electron chi connectivity index (χ2n) is 4.32. The zero-order valence-electron chi connectivity index (χ0n) is 10.5. The van der Waals surface area contributed by atoms with Gasteiger partial charge in [0, 0.05) is 18.9 Å². The molecule has 2 aromatic heterocycles. The monoisotopic (exact) mass is 268 g/mol. The molecule has 0 aliphatic rings. The number of nitrogens with zero attached hydrogens (tertiary/aromatic N) is 3. The van der Waals surface area contributed by atoms with Crippen molar-refractivity contribution >= 4 is 11.4 Å². The number of benzene rings is 1. The first-order valence-corrected chi connectivity index (χ1v) is 6.07. The van der Waals surface area contributed by atoms with Crippen molar-refractivity contribution in [2.75, 3.05) is 0 Å². The second-order valence-corrected chi connectivity index (χ2v) is 4.32. The number of phenols is 1. The SMILES string of the molecule is O=C(NCc1cccc(O)c1)c1cnn2ccncc12. The molecule has 0 saturated heterocycles. The molecule has 6 nitrogen and oxygen atoms in total. The highest BCUT2D eigenvalue weighted by Crippen LogP contribution is 2.12. The number of hydrogen-bond acceptors (Lipinski definition) is 4. The zero-order chi connectivity index (χ0) is 13.9. The van der Waals surface area contributed by atoms with Crippen molar-refractivity contribution in [2.45, 2.75) is 6.54 Å². The van der Waals surface area contributed by atoms with Gasteiger partial charge in [0.2, 0.25) is 0 Å². The summed E-state index contributed by atoms with van der Waals surface area (Å²) in [7, 11) is 0. The number of fused-ring (bicyclic) bond motifs is 1. The molecule has 0 bridgehead atoms. The molecule has 2 heterocycles. The molecule has 0 unspecified atom stereocenters. The lowest BCUT2D eigenvalue weighted by atomic mass is 10.2. The first kappa shape index (κ1) is 12.2. The Morgan fingerprint density at radius 1 is 1.35 bits per heavy atom.